The minimum Gasteiger partial charge on any atom is -0.453 e. The highest BCUT2D eigenvalue weighted by Crippen LogP contribution is 2.44. The van der Waals surface area contributed by atoms with Gasteiger partial charge in [-0.3, -0.25) is 4.99 Å². The Labute approximate surface area is 172 Å². The summed E-state index contributed by atoms with van der Waals surface area (Å²) in [6, 6.07) is 11.0. The fourth-order valence-electron chi connectivity index (χ4n) is 4.04. The topological polar surface area (TPSA) is 66.0 Å². The average Bonchev–Trinajstić information content (AvgIpc) is 3.20. The van der Waals surface area contributed by atoms with Crippen LogP contribution >= 0.6 is 11.8 Å². The third-order valence-corrected chi connectivity index (χ3v) is 7.16. The van der Waals surface area contributed by atoms with Crippen LogP contribution in [0.2, 0.25) is 0 Å². The number of benzene rings is 1. The molecule has 0 spiro atoms. The molecule has 6 nitrogen and oxygen atoms in total. The van der Waals surface area contributed by atoms with Gasteiger partial charge in [0.05, 0.1) is 7.11 Å². The molecule has 2 fully saturated rings. The summed E-state index contributed by atoms with van der Waals surface area (Å²) in [4.78, 5) is 19.2. The van der Waals surface area contributed by atoms with Gasteiger partial charge in [0, 0.05) is 42.4 Å². The van der Waals surface area contributed by atoms with Gasteiger partial charge in [0.2, 0.25) is 0 Å². The molecule has 0 radical (unpaired) electrons. The molecule has 154 valence electrons. The number of carbonyl (C=O) groups excluding carboxylic acids is 1. The number of guanidine groups is 1. The van der Waals surface area contributed by atoms with Gasteiger partial charge in [-0.05, 0) is 37.8 Å². The van der Waals surface area contributed by atoms with E-state index in [2.05, 4.69) is 46.0 Å². The lowest BCUT2D eigenvalue weighted by Gasteiger charge is -2.33. The Kier molecular flexibility index (Phi) is 7.48. The lowest BCUT2D eigenvalue weighted by atomic mass is 10.1. The monoisotopic (exact) mass is 404 g/mol. The van der Waals surface area contributed by atoms with Gasteiger partial charge < -0.3 is 20.3 Å². The van der Waals surface area contributed by atoms with Crippen molar-refractivity contribution in [1.82, 2.24) is 15.5 Å². The van der Waals surface area contributed by atoms with E-state index in [1.807, 2.05) is 18.8 Å². The Balaban J connectivity index is 1.51. The van der Waals surface area contributed by atoms with Crippen LogP contribution in [0.5, 0.6) is 0 Å². The van der Waals surface area contributed by atoms with Crippen LogP contribution in [0.1, 0.15) is 38.5 Å². The van der Waals surface area contributed by atoms with Gasteiger partial charge in [-0.2, -0.15) is 0 Å². The summed E-state index contributed by atoms with van der Waals surface area (Å²) in [6.07, 6.45) is 6.61. The van der Waals surface area contributed by atoms with Gasteiger partial charge in [0.15, 0.2) is 5.96 Å². The predicted molar refractivity (Wildman–Crippen MR) is 115 cm³/mol. The summed E-state index contributed by atoms with van der Waals surface area (Å²) in [5.41, 5.74) is 0. The molecule has 0 atom stereocenters. The van der Waals surface area contributed by atoms with Crippen molar-refractivity contribution >= 4 is 23.8 Å². The van der Waals surface area contributed by atoms with E-state index >= 15 is 0 Å². The normalized spacial score (nSPS) is 20.1. The van der Waals surface area contributed by atoms with E-state index in [9.17, 15) is 4.79 Å². The first kappa shape index (κ1) is 20.8. The second-order valence-electron chi connectivity index (χ2n) is 7.61. The molecule has 1 aromatic rings. The predicted octanol–water partition coefficient (Wildman–Crippen LogP) is 3.49. The maximum Gasteiger partial charge on any atom is 0.409 e. The van der Waals surface area contributed by atoms with Crippen LogP contribution in [0, 0.1) is 0 Å². The fourth-order valence-corrected chi connectivity index (χ4v) is 5.47. The molecule has 1 saturated heterocycles. The molecule has 1 amide bonds. The van der Waals surface area contributed by atoms with Gasteiger partial charge in [0.1, 0.15) is 0 Å². The minimum absolute atomic E-state index is 0.229. The van der Waals surface area contributed by atoms with E-state index in [0.29, 0.717) is 6.04 Å². The smallest absolute Gasteiger partial charge is 0.409 e. The molecule has 1 heterocycles. The number of hydrogen-bond donors (Lipinski definition) is 2. The third kappa shape index (κ3) is 5.56. The first-order chi connectivity index (χ1) is 13.6. The lowest BCUT2D eigenvalue weighted by molar-refractivity contribution is 0.111. The maximum atomic E-state index is 11.6. The summed E-state index contributed by atoms with van der Waals surface area (Å²) in [6.45, 7) is 2.34. The molecule has 3 rings (SSSR count). The SMILES string of the molecule is CN=C(NCC1(Sc2ccccc2)CCCC1)NC1CCN(C(=O)OC)CC1. The van der Waals surface area contributed by atoms with Crippen LogP contribution in [0.15, 0.2) is 40.2 Å². The molecular formula is C21H32N4O2S. The summed E-state index contributed by atoms with van der Waals surface area (Å²) >= 11 is 2.00. The van der Waals surface area contributed by atoms with Crippen molar-refractivity contribution in [3.63, 3.8) is 0 Å². The molecule has 0 bridgehead atoms. The van der Waals surface area contributed by atoms with E-state index in [1.54, 1.807) is 4.90 Å². The highest BCUT2D eigenvalue weighted by atomic mass is 32.2. The molecule has 1 aliphatic carbocycles. The number of thioether (sulfide) groups is 1. The van der Waals surface area contributed by atoms with E-state index in [-0.39, 0.29) is 10.8 Å². The molecule has 28 heavy (non-hydrogen) atoms. The van der Waals surface area contributed by atoms with Crippen LogP contribution in [0.25, 0.3) is 0 Å². The second-order valence-corrected chi connectivity index (χ2v) is 9.15. The summed E-state index contributed by atoms with van der Waals surface area (Å²) in [7, 11) is 3.26. The Morgan fingerprint density at radius 3 is 2.54 bits per heavy atom. The number of aliphatic imine (C=N–C) groups is 1. The highest BCUT2D eigenvalue weighted by Gasteiger charge is 2.35. The van der Waals surface area contributed by atoms with Crippen LogP contribution in [0.3, 0.4) is 0 Å². The van der Waals surface area contributed by atoms with Gasteiger partial charge in [0.25, 0.3) is 0 Å². The molecule has 2 N–H and O–H groups in total. The largest absolute Gasteiger partial charge is 0.453 e. The number of piperidine rings is 1. The minimum atomic E-state index is -0.234. The zero-order valence-electron chi connectivity index (χ0n) is 16.9. The number of hydrogen-bond acceptors (Lipinski definition) is 4. The number of carbonyl (C=O) groups is 1. The Hall–Kier alpha value is -1.89. The van der Waals surface area contributed by atoms with Crippen LogP contribution in [-0.2, 0) is 4.74 Å². The Morgan fingerprint density at radius 1 is 1.25 bits per heavy atom. The molecule has 1 saturated carbocycles. The number of nitrogens with one attached hydrogen (secondary N) is 2. The number of amides is 1. The van der Waals surface area contributed by atoms with Gasteiger partial charge >= 0.3 is 6.09 Å². The average molecular weight is 405 g/mol. The van der Waals surface area contributed by atoms with E-state index in [4.69, 9.17) is 4.74 Å². The summed E-state index contributed by atoms with van der Waals surface area (Å²) < 4.78 is 5.04. The Morgan fingerprint density at radius 2 is 1.93 bits per heavy atom. The first-order valence-corrected chi connectivity index (χ1v) is 11.0. The van der Waals surface area contributed by atoms with Crippen molar-refractivity contribution in [1.29, 1.82) is 0 Å². The van der Waals surface area contributed by atoms with E-state index in [1.165, 1.54) is 37.7 Å². The lowest BCUT2D eigenvalue weighted by Crippen LogP contribution is -2.51. The van der Waals surface area contributed by atoms with Gasteiger partial charge in [-0.25, -0.2) is 4.79 Å². The number of rotatable bonds is 5. The maximum absolute atomic E-state index is 11.6. The number of ether oxygens (including phenoxy) is 1. The van der Waals surface area contributed by atoms with E-state index in [0.717, 1.165) is 38.4 Å². The van der Waals surface area contributed by atoms with Crippen molar-refractivity contribution in [3.05, 3.63) is 30.3 Å². The van der Waals surface area contributed by atoms with Crippen molar-refractivity contribution < 1.29 is 9.53 Å². The zero-order chi connectivity index (χ0) is 19.8. The highest BCUT2D eigenvalue weighted by molar-refractivity contribution is 8.00. The standard InChI is InChI=1S/C21H32N4O2S/c1-22-19(24-17-10-14-25(15-11-17)20(26)27-2)23-16-21(12-6-7-13-21)28-18-8-4-3-5-9-18/h3-5,8-9,17H,6-7,10-16H2,1-2H3,(H2,22,23,24). The van der Waals surface area contributed by atoms with Crippen molar-refractivity contribution in [2.45, 2.75) is 54.2 Å². The van der Waals surface area contributed by atoms with E-state index < -0.39 is 0 Å². The zero-order valence-corrected chi connectivity index (χ0v) is 17.8. The van der Waals surface area contributed by atoms with Crippen molar-refractivity contribution in [2.24, 2.45) is 4.99 Å². The van der Waals surface area contributed by atoms with Crippen molar-refractivity contribution in [3.8, 4) is 0 Å². The molecule has 1 aliphatic heterocycles. The fraction of sp³-hybridized carbons (Fsp3) is 0.619. The Bertz CT molecular complexity index is 654. The quantitative estimate of drug-likeness (QED) is 0.581. The molecule has 0 unspecified atom stereocenters. The molecule has 1 aromatic carbocycles. The number of methoxy groups -OCH3 is 1. The number of nitrogens with zero attached hydrogens (tertiary/aromatic N) is 2. The summed E-state index contributed by atoms with van der Waals surface area (Å²) in [5, 5.41) is 7.12. The molecule has 2 aliphatic rings. The van der Waals surface area contributed by atoms with Gasteiger partial charge in [-0.15, -0.1) is 11.8 Å². The number of likely N-dealkylation sites (tertiary alicyclic amines) is 1. The van der Waals surface area contributed by atoms with Gasteiger partial charge in [-0.1, -0.05) is 31.0 Å². The third-order valence-electron chi connectivity index (χ3n) is 5.66. The van der Waals surface area contributed by atoms with Crippen LogP contribution in [0.4, 0.5) is 4.79 Å². The first-order valence-electron chi connectivity index (χ1n) is 10.2. The molecule has 0 aromatic heterocycles. The van der Waals surface area contributed by atoms with Crippen LogP contribution < -0.4 is 10.6 Å². The molecular weight excluding hydrogens is 372 g/mol. The van der Waals surface area contributed by atoms with Crippen molar-refractivity contribution in [2.75, 3.05) is 33.8 Å². The second kappa shape index (κ2) is 10.0. The van der Waals surface area contributed by atoms with Crippen LogP contribution in [-0.4, -0.2) is 61.5 Å². The molecule has 7 heteroatoms. The summed E-state index contributed by atoms with van der Waals surface area (Å²) in [5.74, 6) is 0.858.